The van der Waals surface area contributed by atoms with E-state index in [0.717, 1.165) is 5.69 Å². The molecular formula is C15H20N2S. The molecule has 1 aromatic carbocycles. The number of rotatable bonds is 1. The fraction of sp³-hybridized carbons (Fsp3) is 0.400. The topological polar surface area (TPSA) is 38.9 Å². The van der Waals surface area contributed by atoms with E-state index in [2.05, 4.69) is 51.7 Å². The molecule has 0 bridgehead atoms. The molecule has 0 unspecified atom stereocenters. The van der Waals surface area contributed by atoms with Crippen LogP contribution in [0.2, 0.25) is 0 Å². The minimum Gasteiger partial charge on any atom is -0.375 e. The zero-order chi connectivity index (χ0) is 13.5. The Balaban J connectivity index is 2.58. The van der Waals surface area contributed by atoms with E-state index in [1.807, 2.05) is 5.38 Å². The fourth-order valence-electron chi connectivity index (χ4n) is 2.20. The lowest BCUT2D eigenvalue weighted by atomic mass is 9.83. The third-order valence-electron chi connectivity index (χ3n) is 3.18. The Labute approximate surface area is 113 Å². The highest BCUT2D eigenvalue weighted by Gasteiger charge is 2.17. The maximum absolute atomic E-state index is 5.72. The summed E-state index contributed by atoms with van der Waals surface area (Å²) in [6.07, 6.45) is 0. The van der Waals surface area contributed by atoms with Crippen molar-refractivity contribution in [2.45, 2.75) is 40.0 Å². The molecule has 0 aliphatic carbocycles. The third-order valence-corrected chi connectivity index (χ3v) is 3.85. The Kier molecular flexibility index (Phi) is 3.20. The van der Waals surface area contributed by atoms with E-state index in [-0.39, 0.29) is 5.41 Å². The molecule has 1 heterocycles. The molecule has 0 atom stereocenters. The normalized spacial score (nSPS) is 11.8. The Bertz CT molecular complexity index is 553. The van der Waals surface area contributed by atoms with Gasteiger partial charge in [0.25, 0.3) is 0 Å². The van der Waals surface area contributed by atoms with Gasteiger partial charge in [-0.05, 0) is 36.0 Å². The lowest BCUT2D eigenvalue weighted by Gasteiger charge is -2.22. The summed E-state index contributed by atoms with van der Waals surface area (Å²) in [6.45, 7) is 11.0. The summed E-state index contributed by atoms with van der Waals surface area (Å²) in [4.78, 5) is 4.39. The van der Waals surface area contributed by atoms with Crippen LogP contribution in [0.1, 0.15) is 37.5 Å². The number of aryl methyl sites for hydroxylation is 2. The van der Waals surface area contributed by atoms with Crippen LogP contribution < -0.4 is 5.73 Å². The van der Waals surface area contributed by atoms with E-state index >= 15 is 0 Å². The maximum atomic E-state index is 5.72. The summed E-state index contributed by atoms with van der Waals surface area (Å²) >= 11 is 1.49. The van der Waals surface area contributed by atoms with Crippen LogP contribution in [0, 0.1) is 13.8 Å². The summed E-state index contributed by atoms with van der Waals surface area (Å²) in [7, 11) is 0. The van der Waals surface area contributed by atoms with Crippen molar-refractivity contribution in [3.05, 3.63) is 34.2 Å². The number of hydrogen-bond donors (Lipinski definition) is 1. The van der Waals surface area contributed by atoms with Crippen LogP contribution in [0.4, 0.5) is 5.13 Å². The molecular weight excluding hydrogens is 240 g/mol. The molecule has 2 N–H and O–H groups in total. The lowest BCUT2D eigenvalue weighted by molar-refractivity contribution is 0.589. The lowest BCUT2D eigenvalue weighted by Crippen LogP contribution is -2.12. The van der Waals surface area contributed by atoms with Crippen molar-refractivity contribution < 1.29 is 0 Å². The van der Waals surface area contributed by atoms with Gasteiger partial charge in [-0.15, -0.1) is 11.3 Å². The van der Waals surface area contributed by atoms with Crippen molar-refractivity contribution in [1.82, 2.24) is 4.98 Å². The number of aromatic nitrogens is 1. The highest BCUT2D eigenvalue weighted by Crippen LogP contribution is 2.33. The first kappa shape index (κ1) is 13.1. The van der Waals surface area contributed by atoms with Gasteiger partial charge in [-0.1, -0.05) is 32.9 Å². The molecule has 0 spiro atoms. The Morgan fingerprint density at radius 3 is 2.06 bits per heavy atom. The summed E-state index contributed by atoms with van der Waals surface area (Å²) < 4.78 is 0. The number of nitrogens with two attached hydrogens (primary N) is 1. The molecule has 0 saturated carbocycles. The van der Waals surface area contributed by atoms with Crippen LogP contribution in [0.3, 0.4) is 0 Å². The standard InChI is InChI=1S/C15H20N2S/c1-9-6-11(15(3,4)5)7-10(2)13(9)12-8-18-14(16)17-12/h6-8H,1-5H3,(H2,16,17). The van der Waals surface area contributed by atoms with Crippen molar-refractivity contribution >= 4 is 16.5 Å². The second-order valence-electron chi connectivity index (χ2n) is 5.81. The number of nitrogen functional groups attached to an aromatic ring is 1. The predicted molar refractivity (Wildman–Crippen MR) is 80.1 cm³/mol. The van der Waals surface area contributed by atoms with Gasteiger partial charge < -0.3 is 5.73 Å². The van der Waals surface area contributed by atoms with Gasteiger partial charge in [-0.25, -0.2) is 4.98 Å². The minimum atomic E-state index is 0.176. The number of anilines is 1. The Hall–Kier alpha value is -1.35. The molecule has 0 radical (unpaired) electrons. The van der Waals surface area contributed by atoms with Crippen LogP contribution in [-0.2, 0) is 5.41 Å². The van der Waals surface area contributed by atoms with Crippen LogP contribution in [0.15, 0.2) is 17.5 Å². The van der Waals surface area contributed by atoms with Crippen molar-refractivity contribution in [3.8, 4) is 11.3 Å². The van der Waals surface area contributed by atoms with Crippen molar-refractivity contribution in [2.75, 3.05) is 5.73 Å². The Morgan fingerprint density at radius 1 is 1.11 bits per heavy atom. The van der Waals surface area contributed by atoms with Gasteiger partial charge in [-0.3, -0.25) is 0 Å². The zero-order valence-corrected chi connectivity index (χ0v) is 12.5. The predicted octanol–water partition coefficient (Wildman–Crippen LogP) is 4.31. The quantitative estimate of drug-likeness (QED) is 0.830. The van der Waals surface area contributed by atoms with Gasteiger partial charge in [0.05, 0.1) is 5.69 Å². The molecule has 0 aliphatic rings. The second-order valence-corrected chi connectivity index (χ2v) is 6.70. The molecule has 2 rings (SSSR count). The molecule has 0 aliphatic heterocycles. The van der Waals surface area contributed by atoms with Gasteiger partial charge in [0.2, 0.25) is 0 Å². The third kappa shape index (κ3) is 2.41. The fourth-order valence-corrected chi connectivity index (χ4v) is 2.76. The summed E-state index contributed by atoms with van der Waals surface area (Å²) in [5.74, 6) is 0. The molecule has 96 valence electrons. The SMILES string of the molecule is Cc1cc(C(C)(C)C)cc(C)c1-c1csc(N)n1. The van der Waals surface area contributed by atoms with E-state index < -0.39 is 0 Å². The van der Waals surface area contributed by atoms with Crippen molar-refractivity contribution in [1.29, 1.82) is 0 Å². The Morgan fingerprint density at radius 2 is 1.67 bits per heavy atom. The smallest absolute Gasteiger partial charge is 0.180 e. The highest BCUT2D eigenvalue weighted by atomic mass is 32.1. The molecule has 3 heteroatoms. The molecule has 0 amide bonds. The van der Waals surface area contributed by atoms with Crippen LogP contribution >= 0.6 is 11.3 Å². The number of nitrogens with zero attached hydrogens (tertiary/aromatic N) is 1. The van der Waals surface area contributed by atoms with Crippen LogP contribution in [0.5, 0.6) is 0 Å². The van der Waals surface area contributed by atoms with E-state index in [1.165, 1.54) is 33.6 Å². The van der Waals surface area contributed by atoms with Gasteiger partial charge in [0, 0.05) is 10.9 Å². The molecule has 2 nitrogen and oxygen atoms in total. The van der Waals surface area contributed by atoms with Gasteiger partial charge in [0.1, 0.15) is 0 Å². The number of hydrogen-bond acceptors (Lipinski definition) is 3. The van der Waals surface area contributed by atoms with Crippen LogP contribution in [-0.4, -0.2) is 4.98 Å². The number of benzene rings is 1. The maximum Gasteiger partial charge on any atom is 0.180 e. The van der Waals surface area contributed by atoms with Crippen molar-refractivity contribution in [3.63, 3.8) is 0 Å². The van der Waals surface area contributed by atoms with Gasteiger partial charge in [-0.2, -0.15) is 0 Å². The molecule has 2 aromatic rings. The summed E-state index contributed by atoms with van der Waals surface area (Å²) in [5, 5.41) is 2.66. The minimum absolute atomic E-state index is 0.176. The van der Waals surface area contributed by atoms with Gasteiger partial charge >= 0.3 is 0 Å². The monoisotopic (exact) mass is 260 g/mol. The molecule has 0 fully saturated rings. The van der Waals surface area contributed by atoms with E-state index in [9.17, 15) is 0 Å². The average Bonchev–Trinajstić information content (AvgIpc) is 2.62. The highest BCUT2D eigenvalue weighted by molar-refractivity contribution is 7.13. The average molecular weight is 260 g/mol. The van der Waals surface area contributed by atoms with E-state index in [0.29, 0.717) is 5.13 Å². The van der Waals surface area contributed by atoms with E-state index in [1.54, 1.807) is 0 Å². The first-order valence-electron chi connectivity index (χ1n) is 6.12. The van der Waals surface area contributed by atoms with Crippen molar-refractivity contribution in [2.24, 2.45) is 0 Å². The summed E-state index contributed by atoms with van der Waals surface area (Å²) in [5.41, 5.74) is 12.0. The largest absolute Gasteiger partial charge is 0.375 e. The molecule has 0 saturated heterocycles. The second kappa shape index (κ2) is 4.39. The zero-order valence-electron chi connectivity index (χ0n) is 11.7. The molecule has 18 heavy (non-hydrogen) atoms. The van der Waals surface area contributed by atoms with Crippen LogP contribution in [0.25, 0.3) is 11.3 Å². The summed E-state index contributed by atoms with van der Waals surface area (Å²) in [6, 6.07) is 4.52. The first-order valence-corrected chi connectivity index (χ1v) is 7.00. The molecule has 1 aromatic heterocycles. The number of thiazole rings is 1. The van der Waals surface area contributed by atoms with E-state index in [4.69, 9.17) is 5.73 Å². The van der Waals surface area contributed by atoms with Gasteiger partial charge in [0.15, 0.2) is 5.13 Å². The first-order chi connectivity index (χ1) is 8.29.